The second-order valence-electron chi connectivity index (χ2n) is 10.4. The van der Waals surface area contributed by atoms with Gasteiger partial charge in [0.15, 0.2) is 0 Å². The number of rotatable bonds is 25. The van der Waals surface area contributed by atoms with E-state index in [1.54, 1.807) is 0 Å². The summed E-state index contributed by atoms with van der Waals surface area (Å²) in [4.78, 5) is 21.9. The van der Waals surface area contributed by atoms with Crippen LogP contribution in [0.25, 0.3) is 11.1 Å². The SMILES string of the molecule is C=CC(=O)OCCCCCCCCCOc1ccc(-c2ccc(OCCCCCCCCCOC(=O)C=C)cc2)cc1. The lowest BCUT2D eigenvalue weighted by Crippen LogP contribution is -2.01. The minimum absolute atomic E-state index is 0.338. The van der Waals surface area contributed by atoms with Crippen molar-refractivity contribution in [3.05, 3.63) is 73.8 Å². The van der Waals surface area contributed by atoms with Crippen molar-refractivity contribution in [3.63, 3.8) is 0 Å². The molecule has 2 rings (SSSR count). The highest BCUT2D eigenvalue weighted by Crippen LogP contribution is 2.25. The van der Waals surface area contributed by atoms with E-state index in [1.165, 1.54) is 50.7 Å². The molecule has 0 aromatic heterocycles. The van der Waals surface area contributed by atoms with Gasteiger partial charge in [-0.15, -0.1) is 0 Å². The zero-order valence-electron chi connectivity index (χ0n) is 25.4. The molecule has 0 aliphatic carbocycles. The van der Waals surface area contributed by atoms with Crippen LogP contribution < -0.4 is 9.47 Å². The highest BCUT2D eigenvalue weighted by molar-refractivity contribution is 5.81. The van der Waals surface area contributed by atoms with Crippen molar-refractivity contribution in [2.75, 3.05) is 26.4 Å². The largest absolute Gasteiger partial charge is 0.494 e. The molecular weight excluding hydrogens is 528 g/mol. The zero-order valence-corrected chi connectivity index (χ0v) is 25.4. The van der Waals surface area contributed by atoms with Crippen LogP contribution in [-0.4, -0.2) is 38.4 Å². The molecule has 230 valence electrons. The van der Waals surface area contributed by atoms with Crippen molar-refractivity contribution in [1.29, 1.82) is 0 Å². The third kappa shape index (κ3) is 16.7. The number of hydrogen-bond acceptors (Lipinski definition) is 6. The molecular formula is C36H50O6. The average Bonchev–Trinajstić information content (AvgIpc) is 3.02. The number of carbonyl (C=O) groups is 2. The summed E-state index contributed by atoms with van der Waals surface area (Å²) in [5.74, 6) is 1.13. The molecule has 42 heavy (non-hydrogen) atoms. The number of unbranched alkanes of at least 4 members (excludes halogenated alkanes) is 12. The molecule has 0 bridgehead atoms. The van der Waals surface area contributed by atoms with Crippen LogP contribution in [-0.2, 0) is 19.1 Å². The van der Waals surface area contributed by atoms with Crippen LogP contribution in [0.4, 0.5) is 0 Å². The first-order valence-corrected chi connectivity index (χ1v) is 15.7. The van der Waals surface area contributed by atoms with Gasteiger partial charge in [-0.25, -0.2) is 9.59 Å². The molecule has 6 heteroatoms. The van der Waals surface area contributed by atoms with E-state index in [-0.39, 0.29) is 11.9 Å². The highest BCUT2D eigenvalue weighted by atomic mass is 16.5. The maximum Gasteiger partial charge on any atom is 0.330 e. The van der Waals surface area contributed by atoms with Crippen molar-refractivity contribution in [3.8, 4) is 22.6 Å². The van der Waals surface area contributed by atoms with Crippen molar-refractivity contribution >= 4 is 11.9 Å². The predicted molar refractivity (Wildman–Crippen MR) is 170 cm³/mol. The Labute approximate surface area is 253 Å². The van der Waals surface area contributed by atoms with E-state index in [1.807, 2.05) is 24.3 Å². The summed E-state index contributed by atoms with van der Waals surface area (Å²) in [5.41, 5.74) is 2.32. The molecule has 0 heterocycles. The number of benzene rings is 2. The summed E-state index contributed by atoms with van der Waals surface area (Å²) < 4.78 is 21.8. The zero-order chi connectivity index (χ0) is 30.1. The predicted octanol–water partition coefficient (Wildman–Crippen LogP) is 9.03. The summed E-state index contributed by atoms with van der Waals surface area (Å²) in [6, 6.07) is 16.6. The molecule has 0 amide bonds. The van der Waals surface area contributed by atoms with Gasteiger partial charge in [-0.05, 0) is 61.1 Å². The molecule has 0 aliphatic heterocycles. The maximum absolute atomic E-state index is 11.0. The van der Waals surface area contributed by atoms with Gasteiger partial charge in [0.2, 0.25) is 0 Å². The fraction of sp³-hybridized carbons (Fsp3) is 0.500. The number of hydrogen-bond donors (Lipinski definition) is 0. The van der Waals surface area contributed by atoms with Crippen LogP contribution in [0.1, 0.15) is 89.9 Å². The fourth-order valence-corrected chi connectivity index (χ4v) is 4.51. The van der Waals surface area contributed by atoms with Crippen LogP contribution in [0.3, 0.4) is 0 Å². The van der Waals surface area contributed by atoms with E-state index in [0.29, 0.717) is 13.2 Å². The van der Waals surface area contributed by atoms with Crippen molar-refractivity contribution in [1.82, 2.24) is 0 Å². The van der Waals surface area contributed by atoms with Gasteiger partial charge >= 0.3 is 11.9 Å². The van der Waals surface area contributed by atoms with E-state index in [0.717, 1.165) is 87.2 Å². The molecule has 0 saturated heterocycles. The Morgan fingerprint density at radius 3 is 1.05 bits per heavy atom. The lowest BCUT2D eigenvalue weighted by atomic mass is 10.1. The highest BCUT2D eigenvalue weighted by Gasteiger charge is 2.02. The minimum atomic E-state index is -0.338. The first-order chi connectivity index (χ1) is 20.6. The number of ether oxygens (including phenoxy) is 4. The lowest BCUT2D eigenvalue weighted by Gasteiger charge is -2.09. The van der Waals surface area contributed by atoms with E-state index in [2.05, 4.69) is 37.4 Å². The van der Waals surface area contributed by atoms with Crippen LogP contribution in [0, 0.1) is 0 Å². The Hall–Kier alpha value is -3.54. The van der Waals surface area contributed by atoms with Crippen LogP contribution >= 0.6 is 0 Å². The normalized spacial score (nSPS) is 10.6. The van der Waals surface area contributed by atoms with E-state index in [4.69, 9.17) is 18.9 Å². The topological polar surface area (TPSA) is 71.1 Å². The molecule has 0 aliphatic rings. The Morgan fingerprint density at radius 2 is 0.738 bits per heavy atom. The molecule has 0 radical (unpaired) electrons. The summed E-state index contributed by atoms with van der Waals surface area (Å²) in [7, 11) is 0. The van der Waals surface area contributed by atoms with E-state index < -0.39 is 0 Å². The molecule has 0 N–H and O–H groups in total. The molecule has 0 atom stereocenters. The van der Waals surface area contributed by atoms with E-state index in [9.17, 15) is 9.59 Å². The van der Waals surface area contributed by atoms with Gasteiger partial charge < -0.3 is 18.9 Å². The molecule has 0 spiro atoms. The molecule has 2 aromatic carbocycles. The maximum atomic E-state index is 11.0. The number of carbonyl (C=O) groups excluding carboxylic acids is 2. The monoisotopic (exact) mass is 578 g/mol. The van der Waals surface area contributed by atoms with Crippen LogP contribution in [0.15, 0.2) is 73.8 Å². The first kappa shape index (κ1) is 34.7. The summed E-state index contributed by atoms with van der Waals surface area (Å²) in [6.07, 6.45) is 18.0. The third-order valence-corrected chi connectivity index (χ3v) is 6.98. The van der Waals surface area contributed by atoms with Crippen molar-refractivity contribution < 1.29 is 28.5 Å². The second-order valence-corrected chi connectivity index (χ2v) is 10.4. The molecule has 2 aromatic rings. The van der Waals surface area contributed by atoms with Gasteiger partial charge in [0, 0.05) is 12.2 Å². The van der Waals surface area contributed by atoms with Gasteiger partial charge in [-0.2, -0.15) is 0 Å². The second kappa shape index (κ2) is 23.1. The van der Waals surface area contributed by atoms with Gasteiger partial charge in [-0.3, -0.25) is 0 Å². The van der Waals surface area contributed by atoms with Gasteiger partial charge in [0.25, 0.3) is 0 Å². The van der Waals surface area contributed by atoms with E-state index >= 15 is 0 Å². The summed E-state index contributed by atoms with van der Waals surface area (Å²) >= 11 is 0. The lowest BCUT2D eigenvalue weighted by molar-refractivity contribution is -0.138. The smallest absolute Gasteiger partial charge is 0.330 e. The van der Waals surface area contributed by atoms with Gasteiger partial charge in [0.1, 0.15) is 11.5 Å². The Bertz CT molecular complexity index is 929. The molecule has 0 saturated carbocycles. The van der Waals surface area contributed by atoms with Crippen LogP contribution in [0.5, 0.6) is 11.5 Å². The van der Waals surface area contributed by atoms with Gasteiger partial charge in [-0.1, -0.05) is 102 Å². The molecule has 0 fully saturated rings. The fourth-order valence-electron chi connectivity index (χ4n) is 4.51. The van der Waals surface area contributed by atoms with Crippen molar-refractivity contribution in [2.45, 2.75) is 89.9 Å². The van der Waals surface area contributed by atoms with Gasteiger partial charge in [0.05, 0.1) is 26.4 Å². The Balaban J connectivity index is 1.48. The Kier molecular flexibility index (Phi) is 19.0. The summed E-state index contributed by atoms with van der Waals surface area (Å²) in [6.45, 7) is 9.22. The minimum Gasteiger partial charge on any atom is -0.494 e. The average molecular weight is 579 g/mol. The standard InChI is InChI=1S/C36H50O6/c1-3-35(37)41-29-17-13-9-5-7-11-15-27-39-33-23-19-31(20-24-33)32-21-25-34(26-22-32)40-28-16-12-8-6-10-14-18-30-42-36(38)4-2/h3-4,19-26H,1-2,5-18,27-30H2. The Morgan fingerprint density at radius 1 is 0.452 bits per heavy atom. The van der Waals surface area contributed by atoms with Crippen LogP contribution in [0.2, 0.25) is 0 Å². The third-order valence-electron chi connectivity index (χ3n) is 6.98. The summed E-state index contributed by atoms with van der Waals surface area (Å²) in [5, 5.41) is 0. The number of esters is 2. The molecule has 6 nitrogen and oxygen atoms in total. The molecule has 0 unspecified atom stereocenters. The van der Waals surface area contributed by atoms with Crippen molar-refractivity contribution in [2.24, 2.45) is 0 Å². The quantitative estimate of drug-likeness (QED) is 0.0665. The first-order valence-electron chi connectivity index (χ1n) is 15.7.